The van der Waals surface area contributed by atoms with Crippen molar-refractivity contribution in [3.05, 3.63) is 11.6 Å². The summed E-state index contributed by atoms with van der Waals surface area (Å²) in [5.74, 6) is 1.67. The molecule has 1 fully saturated rings. The fourth-order valence-electron chi connectivity index (χ4n) is 3.26. The summed E-state index contributed by atoms with van der Waals surface area (Å²) in [6, 6.07) is 0. The maximum atomic E-state index is 6.13. The molecule has 0 bridgehead atoms. The van der Waals surface area contributed by atoms with Crippen molar-refractivity contribution in [2.45, 2.75) is 66.0 Å². The average molecular weight is 238 g/mol. The summed E-state index contributed by atoms with van der Waals surface area (Å²) >= 11 is 0. The molecule has 0 radical (unpaired) electrons. The molecule has 0 aromatic carbocycles. The molecule has 2 aliphatic rings. The van der Waals surface area contributed by atoms with Gasteiger partial charge in [0.2, 0.25) is 0 Å². The molecule has 1 aliphatic heterocycles. The highest BCUT2D eigenvalue weighted by Gasteiger charge is 2.46. The summed E-state index contributed by atoms with van der Waals surface area (Å²) in [6.45, 7) is 13.2. The molecule has 1 saturated heterocycles. The largest absolute Gasteiger partial charge is 0.346 e. The Bertz CT molecular complexity index is 319. The minimum absolute atomic E-state index is 0.0330. The molecular weight excluding hydrogens is 212 g/mol. The van der Waals surface area contributed by atoms with Gasteiger partial charge in [-0.2, -0.15) is 0 Å². The van der Waals surface area contributed by atoms with Crippen molar-refractivity contribution >= 4 is 0 Å². The predicted molar refractivity (Wildman–Crippen MR) is 69.7 cm³/mol. The van der Waals surface area contributed by atoms with E-state index in [0.717, 1.165) is 0 Å². The van der Waals surface area contributed by atoms with Crippen molar-refractivity contribution in [2.75, 3.05) is 0 Å². The van der Waals surface area contributed by atoms with Crippen LogP contribution in [0.1, 0.15) is 48.0 Å². The Hall–Kier alpha value is -0.340. The van der Waals surface area contributed by atoms with Gasteiger partial charge in [0.15, 0.2) is 6.29 Å². The van der Waals surface area contributed by atoms with Gasteiger partial charge in [0.25, 0.3) is 0 Å². The van der Waals surface area contributed by atoms with Crippen LogP contribution in [0.3, 0.4) is 0 Å². The summed E-state index contributed by atoms with van der Waals surface area (Å²) in [5.41, 5.74) is 1.35. The summed E-state index contributed by atoms with van der Waals surface area (Å²) in [5, 5.41) is 0. The molecule has 1 aliphatic carbocycles. The van der Waals surface area contributed by atoms with E-state index in [4.69, 9.17) is 9.47 Å². The molecule has 0 spiro atoms. The number of allylic oxidation sites excluding steroid dienone is 2. The van der Waals surface area contributed by atoms with E-state index in [-0.39, 0.29) is 18.0 Å². The quantitative estimate of drug-likeness (QED) is 0.647. The summed E-state index contributed by atoms with van der Waals surface area (Å²) < 4.78 is 12.2. The third kappa shape index (κ3) is 2.43. The van der Waals surface area contributed by atoms with Crippen LogP contribution in [0.5, 0.6) is 0 Å². The maximum absolute atomic E-state index is 6.13. The van der Waals surface area contributed by atoms with Crippen LogP contribution in [-0.2, 0) is 9.47 Å². The van der Waals surface area contributed by atoms with Gasteiger partial charge in [0.1, 0.15) is 0 Å². The lowest BCUT2D eigenvalue weighted by Crippen LogP contribution is -2.36. The molecule has 0 unspecified atom stereocenters. The van der Waals surface area contributed by atoms with Gasteiger partial charge in [0, 0.05) is 5.92 Å². The SMILES string of the molecule is CC1=C[C@H](C)[C@H]([C@@H]2O[C@H](C)C(C)(C)O2)[C@@H](C)C1. The molecule has 5 atom stereocenters. The highest BCUT2D eigenvalue weighted by Crippen LogP contribution is 2.42. The van der Waals surface area contributed by atoms with Crippen LogP contribution < -0.4 is 0 Å². The number of ether oxygens (including phenoxy) is 2. The maximum Gasteiger partial charge on any atom is 0.162 e. The van der Waals surface area contributed by atoms with Gasteiger partial charge in [-0.25, -0.2) is 0 Å². The topological polar surface area (TPSA) is 18.5 Å². The molecular formula is C15H26O2. The first-order chi connectivity index (χ1) is 7.81. The van der Waals surface area contributed by atoms with Crippen LogP contribution in [0.25, 0.3) is 0 Å². The lowest BCUT2D eigenvalue weighted by atomic mass is 9.74. The fourth-order valence-corrected chi connectivity index (χ4v) is 3.26. The lowest BCUT2D eigenvalue weighted by Gasteiger charge is -2.36. The molecule has 2 nitrogen and oxygen atoms in total. The Labute approximate surface area is 105 Å². The second kappa shape index (κ2) is 4.40. The van der Waals surface area contributed by atoms with Crippen LogP contribution in [0.15, 0.2) is 11.6 Å². The monoisotopic (exact) mass is 238 g/mol. The smallest absolute Gasteiger partial charge is 0.162 e. The molecule has 98 valence electrons. The van der Waals surface area contributed by atoms with Gasteiger partial charge in [-0.05, 0) is 46.0 Å². The molecule has 0 saturated carbocycles. The number of rotatable bonds is 1. The zero-order valence-corrected chi connectivity index (χ0v) is 12.0. The van der Waals surface area contributed by atoms with Crippen LogP contribution >= 0.6 is 0 Å². The van der Waals surface area contributed by atoms with E-state index in [1.807, 2.05) is 0 Å². The van der Waals surface area contributed by atoms with Crippen molar-refractivity contribution in [3.8, 4) is 0 Å². The average Bonchev–Trinajstić information content (AvgIpc) is 2.38. The molecule has 2 rings (SSSR count). The van der Waals surface area contributed by atoms with Crippen LogP contribution in [0.2, 0.25) is 0 Å². The summed E-state index contributed by atoms with van der Waals surface area (Å²) in [6.07, 6.45) is 3.70. The third-order valence-corrected chi connectivity index (χ3v) is 4.51. The van der Waals surface area contributed by atoms with Crippen molar-refractivity contribution in [1.29, 1.82) is 0 Å². The third-order valence-electron chi connectivity index (χ3n) is 4.51. The second-order valence-electron chi connectivity index (χ2n) is 6.50. The van der Waals surface area contributed by atoms with Crippen molar-refractivity contribution < 1.29 is 9.47 Å². The van der Waals surface area contributed by atoms with Gasteiger partial charge in [-0.15, -0.1) is 0 Å². The van der Waals surface area contributed by atoms with Gasteiger partial charge in [0.05, 0.1) is 11.7 Å². The van der Waals surface area contributed by atoms with Crippen molar-refractivity contribution in [1.82, 2.24) is 0 Å². The molecule has 17 heavy (non-hydrogen) atoms. The van der Waals surface area contributed by atoms with Gasteiger partial charge in [-0.1, -0.05) is 25.5 Å². The number of hydrogen-bond acceptors (Lipinski definition) is 2. The molecule has 0 amide bonds. The minimum Gasteiger partial charge on any atom is -0.346 e. The Kier molecular flexibility index (Phi) is 3.39. The van der Waals surface area contributed by atoms with E-state index >= 15 is 0 Å². The van der Waals surface area contributed by atoms with Gasteiger partial charge in [-0.3, -0.25) is 0 Å². The lowest BCUT2D eigenvalue weighted by molar-refractivity contribution is -0.138. The normalized spacial score (nSPS) is 45.8. The van der Waals surface area contributed by atoms with E-state index in [0.29, 0.717) is 17.8 Å². The number of hydrogen-bond donors (Lipinski definition) is 0. The van der Waals surface area contributed by atoms with Crippen molar-refractivity contribution in [2.24, 2.45) is 17.8 Å². The standard InChI is InChI=1S/C15H26O2/c1-9-7-10(2)13(11(3)8-9)14-16-12(4)15(5,6)17-14/h7,10-14H,8H2,1-6H3/t10-,11-,12+,13-,14+/m0/s1. The molecule has 0 aromatic rings. The van der Waals surface area contributed by atoms with Gasteiger partial charge >= 0.3 is 0 Å². The van der Waals surface area contributed by atoms with Crippen LogP contribution in [0.4, 0.5) is 0 Å². The first-order valence-corrected chi connectivity index (χ1v) is 6.82. The Balaban J connectivity index is 2.14. The Morgan fingerprint density at radius 3 is 2.35 bits per heavy atom. The first-order valence-electron chi connectivity index (χ1n) is 6.82. The molecule has 1 heterocycles. The highest BCUT2D eigenvalue weighted by atomic mass is 16.7. The first kappa shape index (κ1) is 13.1. The zero-order valence-electron chi connectivity index (χ0n) is 12.0. The van der Waals surface area contributed by atoms with E-state index in [2.05, 4.69) is 47.6 Å². The fraction of sp³-hybridized carbons (Fsp3) is 0.867. The Morgan fingerprint density at radius 1 is 1.24 bits per heavy atom. The predicted octanol–water partition coefficient (Wildman–Crippen LogP) is 3.76. The van der Waals surface area contributed by atoms with E-state index < -0.39 is 0 Å². The molecule has 0 N–H and O–H groups in total. The van der Waals surface area contributed by atoms with E-state index in [1.165, 1.54) is 12.0 Å². The zero-order chi connectivity index (χ0) is 12.8. The van der Waals surface area contributed by atoms with Gasteiger partial charge < -0.3 is 9.47 Å². The second-order valence-corrected chi connectivity index (χ2v) is 6.50. The van der Waals surface area contributed by atoms with E-state index in [1.54, 1.807) is 0 Å². The van der Waals surface area contributed by atoms with Crippen molar-refractivity contribution in [3.63, 3.8) is 0 Å². The minimum atomic E-state index is -0.152. The highest BCUT2D eigenvalue weighted by molar-refractivity contribution is 5.09. The molecule has 2 heteroatoms. The van der Waals surface area contributed by atoms with E-state index in [9.17, 15) is 0 Å². The van der Waals surface area contributed by atoms with Crippen LogP contribution in [-0.4, -0.2) is 18.0 Å². The van der Waals surface area contributed by atoms with Crippen LogP contribution in [0, 0.1) is 17.8 Å². The summed E-state index contributed by atoms with van der Waals surface area (Å²) in [7, 11) is 0. The Morgan fingerprint density at radius 2 is 1.88 bits per heavy atom. The summed E-state index contributed by atoms with van der Waals surface area (Å²) in [4.78, 5) is 0. The molecule has 0 aromatic heterocycles.